The minimum absolute atomic E-state index is 0.142. The monoisotopic (exact) mass is 246 g/mol. The molecule has 0 radical (unpaired) electrons. The predicted octanol–water partition coefficient (Wildman–Crippen LogP) is 0.541. The van der Waals surface area contributed by atoms with Crippen LogP contribution in [0.3, 0.4) is 0 Å². The van der Waals surface area contributed by atoms with Crippen molar-refractivity contribution in [3.8, 4) is 0 Å². The van der Waals surface area contributed by atoms with Crippen LogP contribution in [0.4, 0.5) is 5.69 Å². The van der Waals surface area contributed by atoms with Gasteiger partial charge in [0.25, 0.3) is 0 Å². The van der Waals surface area contributed by atoms with E-state index in [0.717, 1.165) is 19.5 Å². The number of hydrogen-bond donors (Lipinski definition) is 3. The second kappa shape index (κ2) is 6.49. The van der Waals surface area contributed by atoms with Crippen molar-refractivity contribution >= 4 is 15.7 Å². The smallest absolute Gasteiger partial charge is 0.232 e. The molecule has 3 N–H and O–H groups in total. The van der Waals surface area contributed by atoms with E-state index in [1.54, 1.807) is 0 Å². The van der Waals surface area contributed by atoms with E-state index in [9.17, 15) is 8.42 Å². The molecule has 0 saturated carbocycles. The van der Waals surface area contributed by atoms with Crippen LogP contribution in [-0.2, 0) is 10.0 Å². The number of rotatable bonds is 8. The molecule has 16 heavy (non-hydrogen) atoms. The zero-order valence-corrected chi connectivity index (χ0v) is 10.2. The number of unbranched alkanes of at least 4 members (excludes halogenated alkanes) is 1. The number of anilines is 1. The van der Waals surface area contributed by atoms with E-state index >= 15 is 0 Å². The molecule has 1 aromatic heterocycles. The number of sulfonamides is 1. The van der Waals surface area contributed by atoms with Gasteiger partial charge in [-0.2, -0.15) is 5.10 Å². The van der Waals surface area contributed by atoms with Crippen LogP contribution in [0.1, 0.15) is 19.8 Å². The van der Waals surface area contributed by atoms with Crippen molar-refractivity contribution in [3.63, 3.8) is 0 Å². The minimum Gasteiger partial charge on any atom is -0.317 e. The maximum atomic E-state index is 11.6. The van der Waals surface area contributed by atoms with E-state index in [4.69, 9.17) is 0 Å². The summed E-state index contributed by atoms with van der Waals surface area (Å²) in [5.41, 5.74) is 0.478. The van der Waals surface area contributed by atoms with Crippen LogP contribution in [-0.4, -0.2) is 37.5 Å². The van der Waals surface area contributed by atoms with E-state index in [-0.39, 0.29) is 5.75 Å². The molecule has 0 aliphatic heterocycles. The van der Waals surface area contributed by atoms with Gasteiger partial charge in [0.05, 0.1) is 17.6 Å². The SMILES string of the molecule is CCNCCCCS(=O)(=O)Nc1cn[nH]c1. The third-order valence-corrected chi connectivity index (χ3v) is 3.41. The summed E-state index contributed by atoms with van der Waals surface area (Å²) in [5, 5.41) is 9.36. The van der Waals surface area contributed by atoms with Crippen LogP contribution in [0.15, 0.2) is 12.4 Å². The molecule has 1 rings (SSSR count). The standard InChI is InChI=1S/C9H18N4O2S/c1-2-10-5-3-4-6-16(14,15)13-9-7-11-12-8-9/h7-8,10,13H,2-6H2,1H3,(H,11,12). The van der Waals surface area contributed by atoms with Gasteiger partial charge in [-0.3, -0.25) is 9.82 Å². The number of nitrogens with zero attached hydrogens (tertiary/aromatic N) is 1. The lowest BCUT2D eigenvalue weighted by atomic mass is 10.3. The highest BCUT2D eigenvalue weighted by atomic mass is 32.2. The van der Waals surface area contributed by atoms with Gasteiger partial charge in [-0.05, 0) is 25.9 Å². The largest absolute Gasteiger partial charge is 0.317 e. The summed E-state index contributed by atoms with van der Waals surface area (Å²) < 4.78 is 25.6. The van der Waals surface area contributed by atoms with Crippen molar-refractivity contribution in [2.24, 2.45) is 0 Å². The Kier molecular flexibility index (Phi) is 5.27. The summed E-state index contributed by atoms with van der Waals surface area (Å²) in [7, 11) is -3.23. The van der Waals surface area contributed by atoms with Crippen molar-refractivity contribution in [2.75, 3.05) is 23.6 Å². The van der Waals surface area contributed by atoms with E-state index in [0.29, 0.717) is 12.1 Å². The summed E-state index contributed by atoms with van der Waals surface area (Å²) in [6.07, 6.45) is 4.46. The van der Waals surface area contributed by atoms with Crippen LogP contribution >= 0.6 is 0 Å². The summed E-state index contributed by atoms with van der Waals surface area (Å²) in [5.74, 6) is 0.142. The van der Waals surface area contributed by atoms with Crippen molar-refractivity contribution in [1.29, 1.82) is 0 Å². The van der Waals surface area contributed by atoms with Crippen molar-refractivity contribution in [1.82, 2.24) is 15.5 Å². The minimum atomic E-state index is -3.23. The van der Waals surface area contributed by atoms with Crippen LogP contribution in [0.2, 0.25) is 0 Å². The first-order valence-corrected chi connectivity index (χ1v) is 6.99. The molecule has 0 aliphatic carbocycles. The molecule has 0 aliphatic rings. The molecule has 0 saturated heterocycles. The van der Waals surface area contributed by atoms with E-state index in [1.165, 1.54) is 12.4 Å². The molecule has 6 nitrogen and oxygen atoms in total. The van der Waals surface area contributed by atoms with Crippen LogP contribution in [0, 0.1) is 0 Å². The van der Waals surface area contributed by atoms with E-state index in [1.807, 2.05) is 6.92 Å². The van der Waals surface area contributed by atoms with Crippen LogP contribution in [0.5, 0.6) is 0 Å². The second-order valence-electron chi connectivity index (χ2n) is 3.47. The van der Waals surface area contributed by atoms with Crippen molar-refractivity contribution in [3.05, 3.63) is 12.4 Å². The lowest BCUT2D eigenvalue weighted by molar-refractivity contribution is 0.593. The highest BCUT2D eigenvalue weighted by Gasteiger charge is 2.09. The highest BCUT2D eigenvalue weighted by Crippen LogP contribution is 2.06. The normalized spacial score (nSPS) is 11.6. The maximum absolute atomic E-state index is 11.6. The molecule has 0 amide bonds. The Bertz CT molecular complexity index is 374. The molecular weight excluding hydrogens is 228 g/mol. The molecule has 1 heterocycles. The number of aromatic amines is 1. The van der Waals surface area contributed by atoms with Crippen LogP contribution in [0.25, 0.3) is 0 Å². The first-order chi connectivity index (χ1) is 7.64. The molecule has 0 bridgehead atoms. The number of hydrogen-bond acceptors (Lipinski definition) is 4. The number of H-pyrrole nitrogens is 1. The fourth-order valence-electron chi connectivity index (χ4n) is 1.26. The zero-order chi connectivity index (χ0) is 11.9. The average molecular weight is 246 g/mol. The molecule has 7 heteroatoms. The van der Waals surface area contributed by atoms with Gasteiger partial charge in [0.15, 0.2) is 0 Å². The van der Waals surface area contributed by atoms with E-state index in [2.05, 4.69) is 20.2 Å². The van der Waals surface area contributed by atoms with Gasteiger partial charge in [-0.1, -0.05) is 6.92 Å². The Morgan fingerprint density at radius 3 is 2.88 bits per heavy atom. The highest BCUT2D eigenvalue weighted by molar-refractivity contribution is 7.92. The topological polar surface area (TPSA) is 86.9 Å². The Balaban J connectivity index is 2.24. The van der Waals surface area contributed by atoms with Crippen molar-refractivity contribution in [2.45, 2.75) is 19.8 Å². The van der Waals surface area contributed by atoms with Crippen molar-refractivity contribution < 1.29 is 8.42 Å². The summed E-state index contributed by atoms with van der Waals surface area (Å²) in [6, 6.07) is 0. The van der Waals surface area contributed by atoms with Gasteiger partial charge >= 0.3 is 0 Å². The second-order valence-corrected chi connectivity index (χ2v) is 5.31. The molecule has 0 aromatic carbocycles. The van der Waals surface area contributed by atoms with Gasteiger partial charge in [-0.15, -0.1) is 0 Å². The Labute approximate surface area is 95.9 Å². The Hall–Kier alpha value is -1.08. The van der Waals surface area contributed by atoms with Gasteiger partial charge in [0.1, 0.15) is 0 Å². The van der Waals surface area contributed by atoms with Crippen LogP contribution < -0.4 is 10.0 Å². The van der Waals surface area contributed by atoms with Gasteiger partial charge in [-0.25, -0.2) is 8.42 Å². The first kappa shape index (κ1) is 13.0. The van der Waals surface area contributed by atoms with Gasteiger partial charge in [0.2, 0.25) is 10.0 Å². The first-order valence-electron chi connectivity index (χ1n) is 5.34. The molecule has 0 fully saturated rings. The molecular formula is C9H18N4O2S. The third kappa shape index (κ3) is 5.13. The lowest BCUT2D eigenvalue weighted by Crippen LogP contribution is -2.19. The number of aromatic nitrogens is 2. The maximum Gasteiger partial charge on any atom is 0.232 e. The molecule has 0 spiro atoms. The fourth-order valence-corrected chi connectivity index (χ4v) is 2.41. The quantitative estimate of drug-likeness (QED) is 0.584. The zero-order valence-electron chi connectivity index (χ0n) is 9.36. The summed E-state index contributed by atoms with van der Waals surface area (Å²) >= 11 is 0. The summed E-state index contributed by atoms with van der Waals surface area (Å²) in [4.78, 5) is 0. The molecule has 1 aromatic rings. The molecule has 92 valence electrons. The number of nitrogens with one attached hydrogen (secondary N) is 3. The Morgan fingerprint density at radius 2 is 2.25 bits per heavy atom. The lowest BCUT2D eigenvalue weighted by Gasteiger charge is -2.05. The predicted molar refractivity (Wildman–Crippen MR) is 63.8 cm³/mol. The van der Waals surface area contributed by atoms with Gasteiger partial charge < -0.3 is 5.32 Å². The van der Waals surface area contributed by atoms with Gasteiger partial charge in [0, 0.05) is 6.20 Å². The Morgan fingerprint density at radius 1 is 1.44 bits per heavy atom. The van der Waals surface area contributed by atoms with E-state index < -0.39 is 10.0 Å². The molecule has 0 unspecified atom stereocenters. The summed E-state index contributed by atoms with van der Waals surface area (Å²) in [6.45, 7) is 3.80. The fraction of sp³-hybridized carbons (Fsp3) is 0.667. The third-order valence-electron chi connectivity index (χ3n) is 2.04. The average Bonchev–Trinajstić information content (AvgIpc) is 2.69. The molecule has 0 atom stereocenters.